The molecule has 120 valence electrons. The Morgan fingerprint density at radius 3 is 2.50 bits per heavy atom. The molecule has 0 aliphatic carbocycles. The lowest BCUT2D eigenvalue weighted by molar-refractivity contribution is 0.0983. The van der Waals surface area contributed by atoms with Crippen LogP contribution >= 0.6 is 23.7 Å². The smallest absolute Gasteiger partial charge is 0.172 e. The molecule has 4 heteroatoms. The predicted molar refractivity (Wildman–Crippen MR) is 97.4 cm³/mol. The van der Waals surface area contributed by atoms with Crippen molar-refractivity contribution in [1.82, 2.24) is 5.32 Å². The number of Topliss-reactive ketones (excluding diaryl/α,β-unsaturated/α-hetero) is 1. The largest absolute Gasteiger partial charge is 0.316 e. The van der Waals surface area contributed by atoms with Crippen LogP contribution in [0.25, 0.3) is 0 Å². The van der Waals surface area contributed by atoms with Crippen molar-refractivity contribution in [1.29, 1.82) is 0 Å². The molecule has 1 N–H and O–H groups in total. The lowest BCUT2D eigenvalue weighted by Gasteiger charge is -2.05. The normalized spacial score (nSPS) is 10.2. The Kier molecular flexibility index (Phi) is 9.80. The van der Waals surface area contributed by atoms with Gasteiger partial charge in [-0.25, -0.2) is 0 Å². The molecule has 2 rings (SSSR count). The minimum absolute atomic E-state index is 0. The van der Waals surface area contributed by atoms with Crippen LogP contribution in [0.4, 0.5) is 0 Å². The molecule has 0 radical (unpaired) electrons. The topological polar surface area (TPSA) is 29.1 Å². The summed E-state index contributed by atoms with van der Waals surface area (Å²) in [5.74, 6) is 0.294. The van der Waals surface area contributed by atoms with Gasteiger partial charge in [0, 0.05) is 6.42 Å². The van der Waals surface area contributed by atoms with E-state index in [-0.39, 0.29) is 12.4 Å². The number of halogens is 1. The van der Waals surface area contributed by atoms with Gasteiger partial charge in [0.15, 0.2) is 5.78 Å². The van der Waals surface area contributed by atoms with Crippen molar-refractivity contribution in [3.63, 3.8) is 0 Å². The lowest BCUT2D eigenvalue weighted by atomic mass is 10.1. The molecule has 0 aliphatic rings. The number of benzene rings is 1. The van der Waals surface area contributed by atoms with Crippen molar-refractivity contribution in [3.8, 4) is 0 Å². The number of ketones is 1. The van der Waals surface area contributed by atoms with E-state index in [9.17, 15) is 4.79 Å². The number of thiophene rings is 1. The van der Waals surface area contributed by atoms with Crippen LogP contribution in [0.1, 0.15) is 40.9 Å². The zero-order valence-corrected chi connectivity index (χ0v) is 14.4. The minimum Gasteiger partial charge on any atom is -0.316 e. The highest BCUT2D eigenvalue weighted by Gasteiger charge is 2.05. The Labute approximate surface area is 143 Å². The summed E-state index contributed by atoms with van der Waals surface area (Å²) in [6, 6.07) is 14.4. The third-order valence-corrected chi connectivity index (χ3v) is 4.40. The molecule has 2 nitrogen and oxygen atoms in total. The minimum atomic E-state index is 0. The van der Waals surface area contributed by atoms with Crippen LogP contribution in [0.15, 0.2) is 47.8 Å². The first-order valence-corrected chi connectivity index (χ1v) is 8.55. The first-order chi connectivity index (χ1) is 10.4. The Balaban J connectivity index is 0.00000242. The highest BCUT2D eigenvalue weighted by atomic mass is 35.5. The SMILES string of the molecule is Cl.O=C(CCCCCNCCc1ccccc1)c1cccs1. The van der Waals surface area contributed by atoms with Crippen LogP contribution in [-0.2, 0) is 6.42 Å². The zero-order valence-electron chi connectivity index (χ0n) is 12.8. The van der Waals surface area contributed by atoms with Crippen LogP contribution in [-0.4, -0.2) is 18.9 Å². The van der Waals surface area contributed by atoms with Gasteiger partial charge in [-0.15, -0.1) is 23.7 Å². The molecule has 1 heterocycles. The monoisotopic (exact) mass is 337 g/mol. The molecule has 0 aliphatic heterocycles. The quantitative estimate of drug-likeness (QED) is 0.501. The van der Waals surface area contributed by atoms with Crippen LogP contribution in [0, 0.1) is 0 Å². The van der Waals surface area contributed by atoms with Crippen molar-refractivity contribution in [2.75, 3.05) is 13.1 Å². The maximum absolute atomic E-state index is 11.8. The third kappa shape index (κ3) is 7.21. The Morgan fingerprint density at radius 1 is 0.955 bits per heavy atom. The molecule has 1 aromatic heterocycles. The fraction of sp³-hybridized carbons (Fsp3) is 0.389. The van der Waals surface area contributed by atoms with E-state index >= 15 is 0 Å². The summed E-state index contributed by atoms with van der Waals surface area (Å²) in [5.41, 5.74) is 1.38. The Morgan fingerprint density at radius 2 is 1.77 bits per heavy atom. The van der Waals surface area contributed by atoms with E-state index in [1.165, 1.54) is 5.56 Å². The van der Waals surface area contributed by atoms with E-state index < -0.39 is 0 Å². The fourth-order valence-corrected chi connectivity index (χ4v) is 2.97. The summed E-state index contributed by atoms with van der Waals surface area (Å²) in [6.45, 7) is 2.07. The van der Waals surface area contributed by atoms with Crippen molar-refractivity contribution in [2.24, 2.45) is 0 Å². The second-order valence-corrected chi connectivity index (χ2v) is 6.14. The van der Waals surface area contributed by atoms with Gasteiger partial charge in [-0.2, -0.15) is 0 Å². The molecule has 0 amide bonds. The number of hydrogen-bond acceptors (Lipinski definition) is 3. The van der Waals surface area contributed by atoms with Crippen LogP contribution < -0.4 is 5.32 Å². The van der Waals surface area contributed by atoms with Gasteiger partial charge in [-0.1, -0.05) is 42.8 Å². The van der Waals surface area contributed by atoms with Crippen molar-refractivity contribution in [3.05, 3.63) is 58.3 Å². The number of hydrogen-bond donors (Lipinski definition) is 1. The zero-order chi connectivity index (χ0) is 14.8. The Hall–Kier alpha value is -1.16. The van der Waals surface area contributed by atoms with Crippen molar-refractivity contribution >= 4 is 29.5 Å². The molecule has 0 unspecified atom stereocenters. The van der Waals surface area contributed by atoms with Crippen LogP contribution in [0.3, 0.4) is 0 Å². The summed E-state index contributed by atoms with van der Waals surface area (Å²) in [6.07, 6.45) is 5.03. The van der Waals surface area contributed by atoms with E-state index in [1.807, 2.05) is 17.5 Å². The number of nitrogens with one attached hydrogen (secondary N) is 1. The van der Waals surface area contributed by atoms with E-state index in [2.05, 4.69) is 35.6 Å². The van der Waals surface area contributed by atoms with Gasteiger partial charge in [0.1, 0.15) is 0 Å². The molecule has 2 aromatic rings. The van der Waals surface area contributed by atoms with Gasteiger partial charge in [0.05, 0.1) is 4.88 Å². The summed E-state index contributed by atoms with van der Waals surface area (Å²) >= 11 is 1.54. The molecule has 22 heavy (non-hydrogen) atoms. The van der Waals surface area contributed by atoms with E-state index in [0.29, 0.717) is 12.2 Å². The lowest BCUT2D eigenvalue weighted by Crippen LogP contribution is -2.18. The van der Waals surface area contributed by atoms with E-state index in [4.69, 9.17) is 0 Å². The van der Waals surface area contributed by atoms with Crippen LogP contribution in [0.5, 0.6) is 0 Å². The molecule has 1 aromatic carbocycles. The van der Waals surface area contributed by atoms with E-state index in [1.54, 1.807) is 11.3 Å². The first-order valence-electron chi connectivity index (χ1n) is 7.67. The van der Waals surface area contributed by atoms with Crippen LogP contribution in [0.2, 0.25) is 0 Å². The number of carbonyl (C=O) groups is 1. The summed E-state index contributed by atoms with van der Waals surface area (Å²) in [5, 5.41) is 5.43. The van der Waals surface area contributed by atoms with Gasteiger partial charge in [-0.05, 0) is 49.4 Å². The Bertz CT molecular complexity index is 513. The molecule has 0 saturated heterocycles. The molecular formula is C18H24ClNOS. The maximum Gasteiger partial charge on any atom is 0.172 e. The summed E-state index contributed by atoms with van der Waals surface area (Å²) < 4.78 is 0. The average molecular weight is 338 g/mol. The highest BCUT2D eigenvalue weighted by Crippen LogP contribution is 2.13. The molecule has 0 saturated carbocycles. The van der Waals surface area contributed by atoms with E-state index in [0.717, 1.165) is 43.6 Å². The standard InChI is InChI=1S/C18H23NOS.ClH/c20-17(18-11-7-15-21-18)10-5-2-6-13-19-14-12-16-8-3-1-4-9-16;/h1,3-4,7-9,11,15,19H,2,5-6,10,12-14H2;1H. The second kappa shape index (κ2) is 11.4. The first kappa shape index (κ1) is 18.9. The van der Waals surface area contributed by atoms with Gasteiger partial charge in [0.2, 0.25) is 0 Å². The fourth-order valence-electron chi connectivity index (χ4n) is 2.28. The number of carbonyl (C=O) groups excluding carboxylic acids is 1. The van der Waals surface area contributed by atoms with Gasteiger partial charge in [-0.3, -0.25) is 4.79 Å². The van der Waals surface area contributed by atoms with Crippen molar-refractivity contribution in [2.45, 2.75) is 32.1 Å². The third-order valence-electron chi connectivity index (χ3n) is 3.49. The molecule has 0 atom stereocenters. The molecule has 0 bridgehead atoms. The number of rotatable bonds is 10. The molecule has 0 spiro atoms. The molecule has 0 fully saturated rings. The number of unbranched alkanes of at least 4 members (excludes halogenated alkanes) is 2. The van der Waals surface area contributed by atoms with Gasteiger partial charge >= 0.3 is 0 Å². The second-order valence-electron chi connectivity index (χ2n) is 5.20. The van der Waals surface area contributed by atoms with Crippen molar-refractivity contribution < 1.29 is 4.79 Å². The van der Waals surface area contributed by atoms with Gasteiger partial charge < -0.3 is 5.32 Å². The summed E-state index contributed by atoms with van der Waals surface area (Å²) in [4.78, 5) is 12.7. The van der Waals surface area contributed by atoms with Gasteiger partial charge in [0.25, 0.3) is 0 Å². The molecular weight excluding hydrogens is 314 g/mol. The predicted octanol–water partition coefficient (Wildman–Crippen LogP) is 4.75. The summed E-state index contributed by atoms with van der Waals surface area (Å²) in [7, 11) is 0. The average Bonchev–Trinajstić information content (AvgIpc) is 3.05. The maximum atomic E-state index is 11.8. The highest BCUT2D eigenvalue weighted by molar-refractivity contribution is 7.12.